The average molecular weight is 586 g/mol. The predicted molar refractivity (Wildman–Crippen MR) is 158 cm³/mol. The minimum Gasteiger partial charge on any atom is -0.462 e. The minimum atomic E-state index is -3.37. The smallest absolute Gasteiger partial charge is 0.318 e. The SMILES string of the molecule is CN1CCCC1COc1nc2c(c(N3CCC(S(=O)(=O)CCO)C3)n1)CCN(c1cccc3cccc(Cl)c13)C2. The van der Waals surface area contributed by atoms with Crippen LogP contribution in [0.2, 0.25) is 5.02 Å². The van der Waals surface area contributed by atoms with Gasteiger partial charge in [-0.25, -0.2) is 8.42 Å². The second-order valence-electron chi connectivity index (χ2n) is 11.1. The largest absolute Gasteiger partial charge is 0.462 e. The van der Waals surface area contributed by atoms with Crippen molar-refractivity contribution in [3.63, 3.8) is 0 Å². The first-order valence-electron chi connectivity index (χ1n) is 14.1. The summed E-state index contributed by atoms with van der Waals surface area (Å²) < 4.78 is 31.6. The summed E-state index contributed by atoms with van der Waals surface area (Å²) in [6.45, 7) is 3.51. The molecule has 3 aromatic rings. The van der Waals surface area contributed by atoms with Crippen LogP contribution in [0.25, 0.3) is 10.8 Å². The third-order valence-electron chi connectivity index (χ3n) is 8.60. The lowest BCUT2D eigenvalue weighted by Crippen LogP contribution is -2.35. The quantitative estimate of drug-likeness (QED) is 0.427. The van der Waals surface area contributed by atoms with Crippen LogP contribution in [0, 0.1) is 0 Å². The molecule has 2 unspecified atom stereocenters. The highest BCUT2D eigenvalue weighted by Gasteiger charge is 2.36. The molecule has 1 aromatic heterocycles. The molecule has 9 nitrogen and oxygen atoms in total. The number of fused-ring (bicyclic) bond motifs is 2. The van der Waals surface area contributed by atoms with Crippen molar-refractivity contribution in [1.29, 1.82) is 0 Å². The highest BCUT2D eigenvalue weighted by molar-refractivity contribution is 7.92. The molecule has 11 heteroatoms. The topological polar surface area (TPSA) is 99.1 Å². The number of aliphatic hydroxyl groups excluding tert-OH is 1. The van der Waals surface area contributed by atoms with Crippen molar-refractivity contribution >= 4 is 43.7 Å². The summed E-state index contributed by atoms with van der Waals surface area (Å²) in [6.07, 6.45) is 3.48. The van der Waals surface area contributed by atoms with Gasteiger partial charge in [-0.2, -0.15) is 9.97 Å². The lowest BCUT2D eigenvalue weighted by atomic mass is 10.0. The highest BCUT2D eigenvalue weighted by Crippen LogP contribution is 2.37. The first kappa shape index (κ1) is 27.5. The van der Waals surface area contributed by atoms with Crippen LogP contribution in [0.1, 0.15) is 30.5 Å². The number of likely N-dealkylation sites (tertiary alicyclic amines) is 1. The zero-order valence-corrected chi connectivity index (χ0v) is 24.4. The van der Waals surface area contributed by atoms with Crippen molar-refractivity contribution < 1.29 is 18.3 Å². The number of ether oxygens (including phenoxy) is 1. The summed E-state index contributed by atoms with van der Waals surface area (Å²) in [5, 5.41) is 11.6. The second kappa shape index (κ2) is 11.3. The van der Waals surface area contributed by atoms with Crippen LogP contribution in [0.15, 0.2) is 36.4 Å². The van der Waals surface area contributed by atoms with E-state index in [2.05, 4.69) is 46.0 Å². The Morgan fingerprint density at radius 2 is 1.90 bits per heavy atom. The van der Waals surface area contributed by atoms with Crippen molar-refractivity contribution in [2.75, 3.05) is 62.0 Å². The molecule has 0 radical (unpaired) electrons. The molecule has 214 valence electrons. The van der Waals surface area contributed by atoms with E-state index in [-0.39, 0.29) is 12.4 Å². The Balaban J connectivity index is 1.33. The number of hydrogen-bond donors (Lipinski definition) is 1. The third kappa shape index (κ3) is 5.34. The molecule has 40 heavy (non-hydrogen) atoms. The lowest BCUT2D eigenvalue weighted by Gasteiger charge is -2.33. The van der Waals surface area contributed by atoms with Gasteiger partial charge in [-0.05, 0) is 56.8 Å². The first-order valence-corrected chi connectivity index (χ1v) is 16.2. The summed E-state index contributed by atoms with van der Waals surface area (Å²) in [6, 6.07) is 12.9. The normalized spacial score (nSPS) is 21.8. The van der Waals surface area contributed by atoms with E-state index in [1.165, 1.54) is 0 Å². The van der Waals surface area contributed by atoms with Crippen molar-refractivity contribution in [3.8, 4) is 6.01 Å². The molecule has 2 atom stereocenters. The number of sulfone groups is 1. The third-order valence-corrected chi connectivity index (χ3v) is 11.1. The Hall–Kier alpha value is -2.66. The van der Waals surface area contributed by atoms with Gasteiger partial charge in [0.2, 0.25) is 0 Å². The molecular weight excluding hydrogens is 550 g/mol. The van der Waals surface area contributed by atoms with Crippen LogP contribution in [-0.4, -0.2) is 91.9 Å². The number of halogens is 1. The Morgan fingerprint density at radius 1 is 1.07 bits per heavy atom. The number of likely N-dealkylation sites (N-methyl/N-ethyl adjacent to an activating group) is 1. The number of aromatic nitrogens is 2. The van der Waals surface area contributed by atoms with E-state index in [4.69, 9.17) is 26.3 Å². The van der Waals surface area contributed by atoms with Gasteiger partial charge < -0.3 is 24.5 Å². The van der Waals surface area contributed by atoms with Gasteiger partial charge in [-0.1, -0.05) is 35.9 Å². The molecule has 3 aliphatic heterocycles. The van der Waals surface area contributed by atoms with Crippen LogP contribution in [0.3, 0.4) is 0 Å². The minimum absolute atomic E-state index is 0.209. The van der Waals surface area contributed by atoms with Gasteiger partial charge in [0, 0.05) is 42.3 Å². The second-order valence-corrected chi connectivity index (χ2v) is 13.9. The van der Waals surface area contributed by atoms with Gasteiger partial charge in [-0.3, -0.25) is 0 Å². The van der Waals surface area contributed by atoms with E-state index >= 15 is 0 Å². The van der Waals surface area contributed by atoms with E-state index in [1.54, 1.807) is 0 Å². The maximum atomic E-state index is 12.7. The van der Waals surface area contributed by atoms with Crippen LogP contribution >= 0.6 is 11.6 Å². The zero-order chi connectivity index (χ0) is 27.9. The van der Waals surface area contributed by atoms with Gasteiger partial charge in [0.15, 0.2) is 9.84 Å². The number of benzene rings is 2. The number of hydrogen-bond acceptors (Lipinski definition) is 9. The summed E-state index contributed by atoms with van der Waals surface area (Å²) >= 11 is 6.66. The summed E-state index contributed by atoms with van der Waals surface area (Å²) in [7, 11) is -1.26. The van der Waals surface area contributed by atoms with Crippen molar-refractivity contribution in [2.45, 2.75) is 43.5 Å². The molecule has 4 heterocycles. The van der Waals surface area contributed by atoms with E-state index in [0.717, 1.165) is 70.9 Å². The maximum absolute atomic E-state index is 12.7. The lowest BCUT2D eigenvalue weighted by molar-refractivity contribution is 0.187. The van der Waals surface area contributed by atoms with Crippen LogP contribution in [0.4, 0.5) is 11.5 Å². The number of rotatable bonds is 8. The number of aliphatic hydroxyl groups is 1. The Kier molecular flexibility index (Phi) is 7.78. The van der Waals surface area contributed by atoms with Crippen molar-refractivity contribution in [1.82, 2.24) is 14.9 Å². The van der Waals surface area contributed by atoms with E-state index < -0.39 is 15.1 Å². The molecule has 0 saturated carbocycles. The Labute approximate surface area is 240 Å². The molecule has 0 spiro atoms. The van der Waals surface area contributed by atoms with Crippen LogP contribution in [0.5, 0.6) is 6.01 Å². The van der Waals surface area contributed by atoms with Gasteiger partial charge in [-0.15, -0.1) is 0 Å². The fourth-order valence-corrected chi connectivity index (χ4v) is 8.07. The van der Waals surface area contributed by atoms with E-state index in [1.807, 2.05) is 12.1 Å². The first-order chi connectivity index (χ1) is 19.3. The molecular formula is C29H36ClN5O4S. The molecule has 2 saturated heterocycles. The summed E-state index contributed by atoms with van der Waals surface area (Å²) in [5.74, 6) is 0.566. The standard InChI is InChI=1S/C29H36ClN5O4S/c1-33-12-4-7-21(33)19-39-29-31-25-18-34(26-9-3-6-20-5-2-8-24(30)27(20)26)14-11-23(25)28(32-29)35-13-10-22(17-35)40(37,38)16-15-36/h2-3,5-6,8-9,21-22,36H,4,7,10-19H2,1H3. The van der Waals surface area contributed by atoms with Crippen molar-refractivity contribution in [2.24, 2.45) is 0 Å². The van der Waals surface area contributed by atoms with E-state index in [9.17, 15) is 13.5 Å². The van der Waals surface area contributed by atoms with E-state index in [0.29, 0.717) is 44.7 Å². The Bertz CT molecular complexity index is 1500. The fourth-order valence-electron chi connectivity index (χ4n) is 6.33. The molecule has 0 amide bonds. The predicted octanol–water partition coefficient (Wildman–Crippen LogP) is 3.30. The van der Waals surface area contributed by atoms with Crippen LogP contribution in [-0.2, 0) is 22.8 Å². The molecule has 3 aliphatic rings. The molecule has 2 fully saturated rings. The van der Waals surface area contributed by atoms with Gasteiger partial charge in [0.05, 0.1) is 34.9 Å². The molecule has 2 aromatic carbocycles. The summed E-state index contributed by atoms with van der Waals surface area (Å²) in [5.41, 5.74) is 3.02. The fraction of sp³-hybridized carbons (Fsp3) is 0.517. The molecule has 0 bridgehead atoms. The Morgan fingerprint density at radius 3 is 2.67 bits per heavy atom. The summed E-state index contributed by atoms with van der Waals surface area (Å²) in [4.78, 5) is 16.5. The number of anilines is 2. The molecule has 6 rings (SSSR count). The van der Waals surface area contributed by atoms with Crippen LogP contribution < -0.4 is 14.5 Å². The van der Waals surface area contributed by atoms with Crippen molar-refractivity contribution in [3.05, 3.63) is 52.7 Å². The number of nitrogens with zero attached hydrogens (tertiary/aromatic N) is 5. The zero-order valence-electron chi connectivity index (χ0n) is 22.8. The van der Waals surface area contributed by atoms with Gasteiger partial charge in [0.1, 0.15) is 12.4 Å². The molecule has 1 N–H and O–H groups in total. The highest BCUT2D eigenvalue weighted by atomic mass is 35.5. The monoisotopic (exact) mass is 585 g/mol. The maximum Gasteiger partial charge on any atom is 0.318 e. The van der Waals surface area contributed by atoms with Gasteiger partial charge >= 0.3 is 6.01 Å². The van der Waals surface area contributed by atoms with Gasteiger partial charge in [0.25, 0.3) is 0 Å². The average Bonchev–Trinajstić information content (AvgIpc) is 3.61. The molecule has 0 aliphatic carbocycles.